The number of carbonyl (C=O) groups is 2. The van der Waals surface area contributed by atoms with Crippen LogP contribution >= 0.6 is 11.8 Å². The van der Waals surface area contributed by atoms with Crippen molar-refractivity contribution >= 4 is 40.3 Å². The van der Waals surface area contributed by atoms with Crippen molar-refractivity contribution in [3.63, 3.8) is 0 Å². The number of hydrogen-bond acceptors (Lipinski definition) is 5. The fraction of sp³-hybridized carbons (Fsp3) is 0.200. The number of nitrogens with zero attached hydrogens (tertiary/aromatic N) is 4. The molecule has 0 saturated carbocycles. The summed E-state index contributed by atoms with van der Waals surface area (Å²) in [5.74, 6) is -0.427. The predicted octanol–water partition coefficient (Wildman–Crippen LogP) is 4.24. The molecule has 7 nitrogen and oxygen atoms in total. The van der Waals surface area contributed by atoms with Crippen LogP contribution in [0.4, 0.5) is 10.1 Å². The number of para-hydroxylation sites is 1. The first-order valence-corrected chi connectivity index (χ1v) is 11.9. The van der Waals surface area contributed by atoms with Gasteiger partial charge in [0.25, 0.3) is 5.91 Å². The molecule has 2 aromatic carbocycles. The van der Waals surface area contributed by atoms with Gasteiger partial charge in [0.15, 0.2) is 5.65 Å². The van der Waals surface area contributed by atoms with Gasteiger partial charge in [-0.05, 0) is 25.1 Å². The molecule has 1 unspecified atom stereocenters. The minimum absolute atomic E-state index is 0.0950. The SMILES string of the molecule is Cc1nn(C)c2nc(-c3ccccc3)cc(C(=O)N3CSCC3C(=O)Nc3ccccc3F)c12. The van der Waals surface area contributed by atoms with Crippen LogP contribution < -0.4 is 5.32 Å². The number of halogens is 1. The Hall–Kier alpha value is -3.72. The highest BCUT2D eigenvalue weighted by Gasteiger charge is 2.36. The topological polar surface area (TPSA) is 80.1 Å². The Labute approximate surface area is 200 Å². The molecule has 1 atom stereocenters. The number of rotatable bonds is 4. The molecule has 172 valence electrons. The van der Waals surface area contributed by atoms with Crippen LogP contribution in [0.5, 0.6) is 0 Å². The highest BCUT2D eigenvalue weighted by molar-refractivity contribution is 7.99. The third-order valence-corrected chi connectivity index (χ3v) is 6.86. The van der Waals surface area contributed by atoms with Crippen LogP contribution in [0.1, 0.15) is 16.1 Å². The summed E-state index contributed by atoms with van der Waals surface area (Å²) < 4.78 is 15.7. The summed E-state index contributed by atoms with van der Waals surface area (Å²) in [5.41, 5.74) is 3.35. The van der Waals surface area contributed by atoms with E-state index < -0.39 is 17.8 Å². The normalized spacial score (nSPS) is 15.6. The van der Waals surface area contributed by atoms with Crippen molar-refractivity contribution < 1.29 is 14.0 Å². The monoisotopic (exact) mass is 475 g/mol. The maximum Gasteiger partial charge on any atom is 0.256 e. The lowest BCUT2D eigenvalue weighted by Gasteiger charge is -2.24. The molecule has 3 heterocycles. The molecule has 1 aliphatic rings. The molecule has 34 heavy (non-hydrogen) atoms. The number of pyridine rings is 1. The number of carbonyl (C=O) groups excluding carboxylic acids is 2. The molecule has 0 radical (unpaired) electrons. The van der Waals surface area contributed by atoms with E-state index in [2.05, 4.69) is 10.4 Å². The van der Waals surface area contributed by atoms with E-state index >= 15 is 0 Å². The van der Waals surface area contributed by atoms with Gasteiger partial charge >= 0.3 is 0 Å². The zero-order chi connectivity index (χ0) is 23.8. The largest absolute Gasteiger partial charge is 0.322 e. The van der Waals surface area contributed by atoms with E-state index in [0.29, 0.717) is 39.6 Å². The van der Waals surface area contributed by atoms with Crippen molar-refractivity contribution in [3.05, 3.63) is 77.7 Å². The Morgan fingerprint density at radius 1 is 1.12 bits per heavy atom. The Morgan fingerprint density at radius 2 is 1.85 bits per heavy atom. The van der Waals surface area contributed by atoms with Gasteiger partial charge in [-0.15, -0.1) is 11.8 Å². The summed E-state index contributed by atoms with van der Waals surface area (Å²) in [5, 5.41) is 7.76. The quantitative estimate of drug-likeness (QED) is 0.478. The lowest BCUT2D eigenvalue weighted by atomic mass is 10.0. The smallest absolute Gasteiger partial charge is 0.256 e. The molecular weight excluding hydrogens is 453 g/mol. The van der Waals surface area contributed by atoms with Crippen molar-refractivity contribution in [1.29, 1.82) is 0 Å². The van der Waals surface area contributed by atoms with E-state index in [4.69, 9.17) is 4.98 Å². The van der Waals surface area contributed by atoms with E-state index in [1.807, 2.05) is 37.3 Å². The van der Waals surface area contributed by atoms with Crippen molar-refractivity contribution in [1.82, 2.24) is 19.7 Å². The molecule has 1 fully saturated rings. The van der Waals surface area contributed by atoms with Gasteiger partial charge in [-0.25, -0.2) is 9.37 Å². The van der Waals surface area contributed by atoms with Gasteiger partial charge in [0.1, 0.15) is 11.9 Å². The summed E-state index contributed by atoms with van der Waals surface area (Å²) in [6, 6.07) is 16.6. The Balaban J connectivity index is 1.53. The van der Waals surface area contributed by atoms with Gasteiger partial charge in [-0.1, -0.05) is 42.5 Å². The fourth-order valence-corrected chi connectivity index (χ4v) is 5.32. The fourth-order valence-electron chi connectivity index (χ4n) is 4.16. The second-order valence-electron chi connectivity index (χ2n) is 8.09. The first-order chi connectivity index (χ1) is 16.4. The molecule has 2 amide bonds. The molecule has 9 heteroatoms. The highest BCUT2D eigenvalue weighted by Crippen LogP contribution is 2.31. The zero-order valence-corrected chi connectivity index (χ0v) is 19.5. The van der Waals surface area contributed by atoms with Crippen LogP contribution in [0.15, 0.2) is 60.7 Å². The average Bonchev–Trinajstić information content (AvgIpc) is 3.45. The molecule has 0 aliphatic carbocycles. The maximum atomic E-state index is 14.1. The second kappa shape index (κ2) is 8.90. The van der Waals surface area contributed by atoms with Crippen LogP contribution in [-0.4, -0.2) is 49.2 Å². The summed E-state index contributed by atoms with van der Waals surface area (Å²) in [4.78, 5) is 33.2. The van der Waals surface area contributed by atoms with Gasteiger partial charge in [-0.3, -0.25) is 14.3 Å². The van der Waals surface area contributed by atoms with Crippen molar-refractivity contribution in [2.24, 2.45) is 7.05 Å². The molecule has 1 saturated heterocycles. The Bertz CT molecular complexity index is 1410. The predicted molar refractivity (Wildman–Crippen MR) is 131 cm³/mol. The number of hydrogen-bond donors (Lipinski definition) is 1. The van der Waals surface area contributed by atoms with Gasteiger partial charge in [-0.2, -0.15) is 5.10 Å². The molecule has 2 aromatic heterocycles. The first-order valence-electron chi connectivity index (χ1n) is 10.8. The lowest BCUT2D eigenvalue weighted by molar-refractivity contribution is -0.119. The number of benzene rings is 2. The molecule has 1 aliphatic heterocycles. The van der Waals surface area contributed by atoms with Crippen molar-refractivity contribution in [2.45, 2.75) is 13.0 Å². The van der Waals surface area contributed by atoms with E-state index in [0.717, 1.165) is 5.56 Å². The minimum Gasteiger partial charge on any atom is -0.322 e. The van der Waals surface area contributed by atoms with Crippen LogP contribution in [0.3, 0.4) is 0 Å². The number of thioether (sulfide) groups is 1. The summed E-state index contributed by atoms with van der Waals surface area (Å²) in [6.07, 6.45) is 0. The standard InChI is InChI=1S/C25H22FN5O2S/c1-15-22-17(12-20(16-8-4-3-5-9-16)27-23(22)30(2)29-15)25(33)31-14-34-13-21(31)24(32)28-19-11-7-6-10-18(19)26/h3-12,21H,13-14H2,1-2H3,(H,28,32). The minimum atomic E-state index is -0.725. The molecule has 0 bridgehead atoms. The molecule has 0 spiro atoms. The molecule has 1 N–H and O–H groups in total. The van der Waals surface area contributed by atoms with Gasteiger partial charge in [0.05, 0.1) is 33.9 Å². The van der Waals surface area contributed by atoms with Gasteiger partial charge < -0.3 is 10.2 Å². The van der Waals surface area contributed by atoms with Crippen LogP contribution in [0.2, 0.25) is 0 Å². The van der Waals surface area contributed by atoms with Crippen molar-refractivity contribution in [3.8, 4) is 11.3 Å². The van der Waals surface area contributed by atoms with Gasteiger partial charge in [0.2, 0.25) is 5.91 Å². The van der Waals surface area contributed by atoms with Crippen LogP contribution in [-0.2, 0) is 11.8 Å². The third kappa shape index (κ3) is 3.92. The van der Waals surface area contributed by atoms with Crippen LogP contribution in [0.25, 0.3) is 22.3 Å². The number of aromatic nitrogens is 3. The van der Waals surface area contributed by atoms with Gasteiger partial charge in [0, 0.05) is 18.4 Å². The Kier molecular flexibility index (Phi) is 5.79. The highest BCUT2D eigenvalue weighted by atomic mass is 32.2. The summed E-state index contributed by atoms with van der Waals surface area (Å²) in [7, 11) is 1.79. The van der Waals surface area contributed by atoms with E-state index in [-0.39, 0.29) is 11.6 Å². The van der Waals surface area contributed by atoms with E-state index in [1.165, 1.54) is 28.8 Å². The summed E-state index contributed by atoms with van der Waals surface area (Å²) >= 11 is 1.49. The van der Waals surface area contributed by atoms with Crippen molar-refractivity contribution in [2.75, 3.05) is 16.9 Å². The second-order valence-corrected chi connectivity index (χ2v) is 9.09. The van der Waals surface area contributed by atoms with Crippen LogP contribution in [0, 0.1) is 12.7 Å². The van der Waals surface area contributed by atoms with E-state index in [1.54, 1.807) is 29.9 Å². The average molecular weight is 476 g/mol. The zero-order valence-electron chi connectivity index (χ0n) is 18.7. The molecule has 4 aromatic rings. The molecular formula is C25H22FN5O2S. The molecule has 5 rings (SSSR count). The lowest BCUT2D eigenvalue weighted by Crippen LogP contribution is -2.44. The third-order valence-electron chi connectivity index (χ3n) is 5.85. The summed E-state index contributed by atoms with van der Waals surface area (Å²) in [6.45, 7) is 1.84. The van der Waals surface area contributed by atoms with E-state index in [9.17, 15) is 14.0 Å². The number of fused-ring (bicyclic) bond motifs is 1. The number of aryl methyl sites for hydroxylation is 2. The first kappa shape index (κ1) is 22.1. The Morgan fingerprint density at radius 3 is 2.62 bits per heavy atom. The maximum absolute atomic E-state index is 14.1. The number of anilines is 1. The number of amides is 2. The number of nitrogens with one attached hydrogen (secondary N) is 1.